The summed E-state index contributed by atoms with van der Waals surface area (Å²) in [6.07, 6.45) is 0.359. The Bertz CT molecular complexity index is 504. The Balaban J connectivity index is 2.36. The Morgan fingerprint density at radius 2 is 2.25 bits per heavy atom. The van der Waals surface area contributed by atoms with Gasteiger partial charge in [-0.1, -0.05) is 18.2 Å². The van der Waals surface area contributed by atoms with E-state index in [9.17, 15) is 9.90 Å². The maximum atomic E-state index is 11.9. The highest BCUT2D eigenvalue weighted by Crippen LogP contribution is 2.21. The maximum absolute atomic E-state index is 11.9. The minimum atomic E-state index is -1.04. The van der Waals surface area contributed by atoms with Gasteiger partial charge in [-0.05, 0) is 13.1 Å². The summed E-state index contributed by atoms with van der Waals surface area (Å²) in [5, 5.41) is 13.1. The number of aliphatic hydroxyl groups excluding tert-OH is 1. The molecule has 84 valence electrons. The number of nitrogens with one attached hydrogen (secondary N) is 1. The van der Waals surface area contributed by atoms with Crippen molar-refractivity contribution in [3.05, 3.63) is 36.1 Å². The van der Waals surface area contributed by atoms with Crippen LogP contribution in [0.3, 0.4) is 0 Å². The Labute approximate surface area is 92.9 Å². The van der Waals surface area contributed by atoms with E-state index in [-0.39, 0.29) is 12.3 Å². The van der Waals surface area contributed by atoms with E-state index in [4.69, 9.17) is 4.42 Å². The van der Waals surface area contributed by atoms with Crippen LogP contribution >= 0.6 is 0 Å². The summed E-state index contributed by atoms with van der Waals surface area (Å²) in [5.41, 5.74) is 1.08. The zero-order valence-electron chi connectivity index (χ0n) is 8.93. The van der Waals surface area contributed by atoms with Gasteiger partial charge in [0.05, 0.1) is 5.56 Å². The molecule has 1 heterocycles. The van der Waals surface area contributed by atoms with Crippen LogP contribution in [-0.2, 0) is 0 Å². The number of Topliss-reactive ketones (excluding diaryl/α,β-unsaturated/α-hetero) is 1. The van der Waals surface area contributed by atoms with Gasteiger partial charge in [0, 0.05) is 11.9 Å². The summed E-state index contributed by atoms with van der Waals surface area (Å²) < 4.78 is 5.25. The van der Waals surface area contributed by atoms with Crippen molar-refractivity contribution >= 4 is 16.8 Å². The zero-order chi connectivity index (χ0) is 11.5. The van der Waals surface area contributed by atoms with E-state index >= 15 is 0 Å². The lowest BCUT2D eigenvalue weighted by Gasteiger charge is -2.06. The SMILES string of the molecule is CNCC(O)C(=O)c1coc2ccccc12. The molecule has 4 heteroatoms. The van der Waals surface area contributed by atoms with Gasteiger partial charge < -0.3 is 14.8 Å². The highest BCUT2D eigenvalue weighted by molar-refractivity contribution is 6.09. The zero-order valence-corrected chi connectivity index (χ0v) is 8.93. The molecular formula is C12H13NO3. The molecule has 16 heavy (non-hydrogen) atoms. The van der Waals surface area contributed by atoms with Gasteiger partial charge in [-0.3, -0.25) is 4.79 Å². The first kappa shape index (κ1) is 10.9. The molecule has 0 spiro atoms. The van der Waals surface area contributed by atoms with Crippen LogP contribution in [0.2, 0.25) is 0 Å². The fourth-order valence-electron chi connectivity index (χ4n) is 1.63. The van der Waals surface area contributed by atoms with E-state index in [1.807, 2.05) is 12.1 Å². The van der Waals surface area contributed by atoms with Gasteiger partial charge in [0.15, 0.2) is 5.78 Å². The van der Waals surface area contributed by atoms with E-state index in [2.05, 4.69) is 5.32 Å². The lowest BCUT2D eigenvalue weighted by Crippen LogP contribution is -2.31. The molecule has 1 unspecified atom stereocenters. The number of likely N-dealkylation sites (N-methyl/N-ethyl adjacent to an activating group) is 1. The second kappa shape index (κ2) is 4.47. The molecule has 1 aromatic heterocycles. The summed E-state index contributed by atoms with van der Waals surface area (Å²) >= 11 is 0. The number of benzene rings is 1. The molecule has 0 aliphatic carbocycles. The quantitative estimate of drug-likeness (QED) is 0.758. The Morgan fingerprint density at radius 3 is 3.00 bits per heavy atom. The minimum absolute atomic E-state index is 0.234. The molecule has 0 fully saturated rings. The van der Waals surface area contributed by atoms with Crippen LogP contribution in [0.25, 0.3) is 11.0 Å². The van der Waals surface area contributed by atoms with Gasteiger partial charge in [0.1, 0.15) is 18.0 Å². The van der Waals surface area contributed by atoms with Crippen LogP contribution in [-0.4, -0.2) is 30.6 Å². The number of ketones is 1. The lowest BCUT2D eigenvalue weighted by molar-refractivity contribution is 0.0751. The van der Waals surface area contributed by atoms with Crippen LogP contribution < -0.4 is 5.32 Å². The normalized spacial score (nSPS) is 12.9. The number of carbonyl (C=O) groups excluding carboxylic acids is 1. The molecular weight excluding hydrogens is 206 g/mol. The standard InChI is InChI=1S/C12H13NO3/c1-13-6-10(14)12(15)9-7-16-11-5-3-2-4-8(9)11/h2-5,7,10,13-14H,6H2,1H3. The van der Waals surface area contributed by atoms with E-state index in [1.54, 1.807) is 19.2 Å². The Hall–Kier alpha value is -1.65. The Kier molecular flexibility index (Phi) is 3.03. The average molecular weight is 219 g/mol. The van der Waals surface area contributed by atoms with Crippen molar-refractivity contribution < 1.29 is 14.3 Å². The van der Waals surface area contributed by atoms with Crippen LogP contribution in [0, 0.1) is 0 Å². The van der Waals surface area contributed by atoms with Gasteiger partial charge in [-0.25, -0.2) is 0 Å². The van der Waals surface area contributed by atoms with E-state index in [0.717, 1.165) is 5.39 Å². The highest BCUT2D eigenvalue weighted by atomic mass is 16.3. The Morgan fingerprint density at radius 1 is 1.50 bits per heavy atom. The maximum Gasteiger partial charge on any atom is 0.196 e. The van der Waals surface area contributed by atoms with Crippen molar-refractivity contribution in [2.75, 3.05) is 13.6 Å². The fraction of sp³-hybridized carbons (Fsp3) is 0.250. The molecule has 0 aliphatic heterocycles. The predicted octanol–water partition coefficient (Wildman–Crippen LogP) is 1.20. The second-order valence-corrected chi connectivity index (χ2v) is 3.58. The predicted molar refractivity (Wildman–Crippen MR) is 60.5 cm³/mol. The summed E-state index contributed by atoms with van der Waals surface area (Å²) in [4.78, 5) is 11.9. The van der Waals surface area contributed by atoms with Gasteiger partial charge in [0.2, 0.25) is 0 Å². The number of furan rings is 1. The molecule has 0 saturated carbocycles. The third kappa shape index (κ3) is 1.85. The van der Waals surface area contributed by atoms with E-state index in [1.165, 1.54) is 6.26 Å². The number of carbonyl (C=O) groups is 1. The number of hydrogen-bond donors (Lipinski definition) is 2. The van der Waals surface area contributed by atoms with Crippen molar-refractivity contribution in [1.29, 1.82) is 0 Å². The topological polar surface area (TPSA) is 62.5 Å². The number of fused-ring (bicyclic) bond motifs is 1. The molecule has 0 saturated heterocycles. The van der Waals surface area contributed by atoms with Crippen LogP contribution in [0.1, 0.15) is 10.4 Å². The molecule has 0 bridgehead atoms. The molecule has 4 nitrogen and oxygen atoms in total. The summed E-state index contributed by atoms with van der Waals surface area (Å²) in [5.74, 6) is -0.320. The minimum Gasteiger partial charge on any atom is -0.464 e. The van der Waals surface area contributed by atoms with Crippen LogP contribution in [0.5, 0.6) is 0 Å². The summed E-state index contributed by atoms with van der Waals surface area (Å²) in [6.45, 7) is 0.234. The third-order valence-electron chi connectivity index (χ3n) is 2.45. The van der Waals surface area contributed by atoms with E-state index < -0.39 is 6.10 Å². The molecule has 0 amide bonds. The highest BCUT2D eigenvalue weighted by Gasteiger charge is 2.20. The fourth-order valence-corrected chi connectivity index (χ4v) is 1.63. The number of rotatable bonds is 4. The first-order valence-electron chi connectivity index (χ1n) is 5.07. The third-order valence-corrected chi connectivity index (χ3v) is 2.45. The number of para-hydroxylation sites is 1. The molecule has 1 aromatic carbocycles. The van der Waals surface area contributed by atoms with Gasteiger partial charge in [-0.15, -0.1) is 0 Å². The first-order valence-corrected chi connectivity index (χ1v) is 5.07. The molecule has 0 aliphatic rings. The van der Waals surface area contributed by atoms with Crippen molar-refractivity contribution in [2.24, 2.45) is 0 Å². The first-order chi connectivity index (χ1) is 7.74. The average Bonchev–Trinajstić information content (AvgIpc) is 2.72. The second-order valence-electron chi connectivity index (χ2n) is 3.58. The summed E-state index contributed by atoms with van der Waals surface area (Å²) in [7, 11) is 1.68. The molecule has 0 radical (unpaired) electrons. The van der Waals surface area contributed by atoms with Gasteiger partial charge >= 0.3 is 0 Å². The lowest BCUT2D eigenvalue weighted by atomic mass is 10.1. The van der Waals surface area contributed by atoms with Crippen molar-refractivity contribution in [3.8, 4) is 0 Å². The largest absolute Gasteiger partial charge is 0.464 e. The molecule has 2 N–H and O–H groups in total. The number of hydrogen-bond acceptors (Lipinski definition) is 4. The number of aliphatic hydroxyl groups is 1. The smallest absolute Gasteiger partial charge is 0.196 e. The van der Waals surface area contributed by atoms with Crippen molar-refractivity contribution in [1.82, 2.24) is 5.32 Å². The van der Waals surface area contributed by atoms with Gasteiger partial charge in [0.25, 0.3) is 0 Å². The molecule has 1 atom stereocenters. The molecule has 2 aromatic rings. The van der Waals surface area contributed by atoms with Crippen LogP contribution in [0.15, 0.2) is 34.9 Å². The monoisotopic (exact) mass is 219 g/mol. The van der Waals surface area contributed by atoms with Crippen LogP contribution in [0.4, 0.5) is 0 Å². The van der Waals surface area contributed by atoms with Crippen molar-refractivity contribution in [3.63, 3.8) is 0 Å². The van der Waals surface area contributed by atoms with Gasteiger partial charge in [-0.2, -0.15) is 0 Å². The van der Waals surface area contributed by atoms with Crippen molar-refractivity contribution in [2.45, 2.75) is 6.10 Å². The molecule has 2 rings (SSSR count). The van der Waals surface area contributed by atoms with E-state index in [0.29, 0.717) is 11.1 Å². The summed E-state index contributed by atoms with van der Waals surface area (Å²) in [6, 6.07) is 7.26.